The maximum Gasteiger partial charge on any atom is 0.229 e. The molecule has 1 aliphatic heterocycles. The van der Waals surface area contributed by atoms with Crippen molar-refractivity contribution in [2.24, 2.45) is 5.41 Å². The Kier molecular flexibility index (Phi) is 8.31. The van der Waals surface area contributed by atoms with E-state index in [-0.39, 0.29) is 23.9 Å². The first kappa shape index (κ1) is 25.4. The lowest BCUT2D eigenvalue weighted by molar-refractivity contribution is -0.153. The topological polar surface area (TPSA) is 29.5 Å². The molecular weight excluding hydrogens is 453 g/mol. The SMILES string of the molecule is C=CC[C@@]1(C)C[C@H](c2cccc(Cl)c2)[C@@H](c2ccc(Cl)cc2)N(C(CC)C(C)=COC)C1=O. The fourth-order valence-electron chi connectivity index (χ4n) is 5.23. The standard InChI is InChI=1S/C28H33Cl2NO2/c1-6-15-28(4)17-24(21-9-8-10-23(30)16-21)26(20-11-13-22(29)14-12-20)31(27(28)32)25(7-2)19(3)18-33-5/h6,8-14,16,18,24-26H,1,7,15,17H2,2-5H3/t24-,25?,26-,28+/m1/s1. The number of likely N-dealkylation sites (tertiary alicyclic amines) is 1. The molecule has 1 heterocycles. The lowest BCUT2D eigenvalue weighted by Gasteiger charge is -2.52. The number of methoxy groups -OCH3 is 1. The molecule has 2 aromatic rings. The van der Waals surface area contributed by atoms with Crippen LogP contribution in [0.2, 0.25) is 10.0 Å². The van der Waals surface area contributed by atoms with Crippen molar-refractivity contribution in [3.05, 3.63) is 94.2 Å². The molecule has 3 nitrogen and oxygen atoms in total. The molecule has 176 valence electrons. The van der Waals surface area contributed by atoms with Crippen LogP contribution in [0.25, 0.3) is 0 Å². The molecule has 2 aromatic carbocycles. The molecule has 0 aromatic heterocycles. The molecule has 1 amide bonds. The van der Waals surface area contributed by atoms with Gasteiger partial charge in [-0.2, -0.15) is 0 Å². The van der Waals surface area contributed by atoms with Crippen LogP contribution < -0.4 is 0 Å². The van der Waals surface area contributed by atoms with E-state index in [0.717, 1.165) is 23.1 Å². The maximum atomic E-state index is 14.2. The first-order valence-electron chi connectivity index (χ1n) is 11.4. The number of halogens is 2. The fourth-order valence-corrected chi connectivity index (χ4v) is 5.56. The Hall–Kier alpha value is -2.23. The van der Waals surface area contributed by atoms with E-state index in [1.807, 2.05) is 55.5 Å². The number of piperidine rings is 1. The number of rotatable bonds is 8. The number of hydrogen-bond acceptors (Lipinski definition) is 2. The van der Waals surface area contributed by atoms with Crippen LogP contribution in [0.4, 0.5) is 0 Å². The van der Waals surface area contributed by atoms with E-state index >= 15 is 0 Å². The minimum absolute atomic E-state index is 0.0527. The molecule has 1 unspecified atom stereocenters. The summed E-state index contributed by atoms with van der Waals surface area (Å²) in [6.07, 6.45) is 5.68. The van der Waals surface area contributed by atoms with Gasteiger partial charge in [-0.25, -0.2) is 0 Å². The molecule has 1 saturated heterocycles. The van der Waals surface area contributed by atoms with E-state index in [4.69, 9.17) is 27.9 Å². The van der Waals surface area contributed by atoms with Crippen LogP contribution in [-0.4, -0.2) is 24.0 Å². The summed E-state index contributed by atoms with van der Waals surface area (Å²) in [6.45, 7) is 10.1. The predicted molar refractivity (Wildman–Crippen MR) is 138 cm³/mol. The molecule has 1 aliphatic rings. The quantitative estimate of drug-likeness (QED) is 0.280. The third kappa shape index (κ3) is 5.31. The number of allylic oxidation sites excluding steroid dienone is 1. The minimum atomic E-state index is -0.571. The van der Waals surface area contributed by atoms with Gasteiger partial charge in [-0.3, -0.25) is 4.79 Å². The number of hydrogen-bond donors (Lipinski definition) is 0. The highest BCUT2D eigenvalue weighted by atomic mass is 35.5. The zero-order valence-corrected chi connectivity index (χ0v) is 21.4. The summed E-state index contributed by atoms with van der Waals surface area (Å²) in [5.74, 6) is 0.188. The van der Waals surface area contributed by atoms with Crippen LogP contribution in [0.1, 0.15) is 63.1 Å². The Morgan fingerprint density at radius 1 is 1.21 bits per heavy atom. The van der Waals surface area contributed by atoms with E-state index in [9.17, 15) is 4.79 Å². The van der Waals surface area contributed by atoms with Gasteiger partial charge in [-0.15, -0.1) is 6.58 Å². The average molecular weight is 486 g/mol. The molecular formula is C28H33Cl2NO2. The number of carbonyl (C=O) groups is 1. The summed E-state index contributed by atoms with van der Waals surface area (Å²) in [5, 5.41) is 1.37. The van der Waals surface area contributed by atoms with E-state index in [1.54, 1.807) is 13.4 Å². The Balaban J connectivity index is 2.27. The molecule has 33 heavy (non-hydrogen) atoms. The second kappa shape index (κ2) is 10.8. The van der Waals surface area contributed by atoms with Crippen LogP contribution in [0.15, 0.2) is 73.0 Å². The van der Waals surface area contributed by atoms with Crippen LogP contribution in [0, 0.1) is 5.41 Å². The third-order valence-electron chi connectivity index (χ3n) is 6.74. The Morgan fingerprint density at radius 2 is 1.91 bits per heavy atom. The summed E-state index contributed by atoms with van der Waals surface area (Å²) in [4.78, 5) is 16.3. The van der Waals surface area contributed by atoms with Crippen LogP contribution in [-0.2, 0) is 9.53 Å². The maximum absolute atomic E-state index is 14.2. The summed E-state index contributed by atoms with van der Waals surface area (Å²) in [7, 11) is 1.64. The molecule has 0 aliphatic carbocycles. The van der Waals surface area contributed by atoms with Gasteiger partial charge in [0.2, 0.25) is 5.91 Å². The van der Waals surface area contributed by atoms with E-state index in [0.29, 0.717) is 22.9 Å². The van der Waals surface area contributed by atoms with Crippen molar-refractivity contribution in [3.8, 4) is 0 Å². The van der Waals surface area contributed by atoms with Crippen LogP contribution in [0.5, 0.6) is 0 Å². The number of ether oxygens (including phenoxy) is 1. The lowest BCUT2D eigenvalue weighted by Crippen LogP contribution is -2.55. The van der Waals surface area contributed by atoms with Gasteiger partial charge in [0.1, 0.15) is 0 Å². The molecule has 0 spiro atoms. The summed E-state index contributed by atoms with van der Waals surface area (Å²) < 4.78 is 5.34. The molecule has 5 heteroatoms. The first-order chi connectivity index (χ1) is 15.8. The highest BCUT2D eigenvalue weighted by Crippen LogP contribution is 2.52. The van der Waals surface area contributed by atoms with Crippen molar-refractivity contribution in [1.29, 1.82) is 0 Å². The Bertz CT molecular complexity index is 1020. The Morgan fingerprint density at radius 3 is 2.48 bits per heavy atom. The normalized spacial score (nSPS) is 24.5. The molecule has 0 saturated carbocycles. The number of carbonyl (C=O) groups excluding carboxylic acids is 1. The Labute approximate surface area is 208 Å². The van der Waals surface area contributed by atoms with Crippen molar-refractivity contribution in [1.82, 2.24) is 4.90 Å². The lowest BCUT2D eigenvalue weighted by atomic mass is 9.67. The highest BCUT2D eigenvalue weighted by Gasteiger charge is 2.51. The number of benzene rings is 2. The van der Waals surface area contributed by atoms with Gasteiger partial charge in [-0.05, 0) is 67.2 Å². The monoisotopic (exact) mass is 485 g/mol. The van der Waals surface area contributed by atoms with Crippen molar-refractivity contribution in [2.75, 3.05) is 7.11 Å². The van der Waals surface area contributed by atoms with Crippen LogP contribution in [0.3, 0.4) is 0 Å². The zero-order valence-electron chi connectivity index (χ0n) is 19.9. The highest BCUT2D eigenvalue weighted by molar-refractivity contribution is 6.30. The molecule has 0 N–H and O–H groups in total. The van der Waals surface area contributed by atoms with Gasteiger partial charge in [0.05, 0.1) is 30.9 Å². The van der Waals surface area contributed by atoms with Gasteiger partial charge < -0.3 is 9.64 Å². The summed E-state index contributed by atoms with van der Waals surface area (Å²) >= 11 is 12.6. The van der Waals surface area contributed by atoms with Crippen LogP contribution >= 0.6 is 23.2 Å². The fraction of sp³-hybridized carbons (Fsp3) is 0.393. The van der Waals surface area contributed by atoms with E-state index in [2.05, 4.69) is 31.4 Å². The van der Waals surface area contributed by atoms with Crippen molar-refractivity contribution < 1.29 is 9.53 Å². The van der Waals surface area contributed by atoms with Gasteiger partial charge in [0, 0.05) is 16.0 Å². The van der Waals surface area contributed by atoms with Gasteiger partial charge in [0.25, 0.3) is 0 Å². The van der Waals surface area contributed by atoms with E-state index in [1.165, 1.54) is 0 Å². The first-order valence-corrected chi connectivity index (χ1v) is 12.1. The number of amides is 1. The smallest absolute Gasteiger partial charge is 0.229 e. The predicted octanol–water partition coefficient (Wildman–Crippen LogP) is 7.96. The van der Waals surface area contributed by atoms with Crippen molar-refractivity contribution >= 4 is 29.1 Å². The molecule has 0 bridgehead atoms. The zero-order chi connectivity index (χ0) is 24.2. The number of nitrogens with zero attached hydrogens (tertiary/aromatic N) is 1. The minimum Gasteiger partial charge on any atom is -0.504 e. The van der Waals surface area contributed by atoms with Gasteiger partial charge >= 0.3 is 0 Å². The largest absolute Gasteiger partial charge is 0.504 e. The second-order valence-corrected chi connectivity index (χ2v) is 10.0. The average Bonchev–Trinajstić information content (AvgIpc) is 2.78. The summed E-state index contributed by atoms with van der Waals surface area (Å²) in [5.41, 5.74) is 2.62. The van der Waals surface area contributed by atoms with Crippen molar-refractivity contribution in [2.45, 2.75) is 58.0 Å². The van der Waals surface area contributed by atoms with E-state index < -0.39 is 5.41 Å². The molecule has 0 radical (unpaired) electrons. The van der Waals surface area contributed by atoms with Crippen molar-refractivity contribution in [3.63, 3.8) is 0 Å². The van der Waals surface area contributed by atoms with Gasteiger partial charge in [-0.1, -0.05) is 67.4 Å². The summed E-state index contributed by atoms with van der Waals surface area (Å²) in [6, 6.07) is 15.6. The molecule has 4 atom stereocenters. The molecule has 1 fully saturated rings. The third-order valence-corrected chi connectivity index (χ3v) is 7.22. The second-order valence-electron chi connectivity index (χ2n) is 9.15. The molecule has 3 rings (SSSR count). The van der Waals surface area contributed by atoms with Gasteiger partial charge in [0.15, 0.2) is 0 Å².